The van der Waals surface area contributed by atoms with Gasteiger partial charge in [0.15, 0.2) is 5.60 Å². The van der Waals surface area contributed by atoms with Crippen molar-refractivity contribution in [2.75, 3.05) is 32.7 Å². The van der Waals surface area contributed by atoms with Crippen LogP contribution in [0.3, 0.4) is 0 Å². The van der Waals surface area contributed by atoms with Gasteiger partial charge in [-0.05, 0) is 19.4 Å². The fourth-order valence-corrected chi connectivity index (χ4v) is 2.73. The maximum Gasteiger partial charge on any atom is 0.411 e. The van der Waals surface area contributed by atoms with Crippen LogP contribution in [-0.2, 0) is 4.74 Å². The lowest BCUT2D eigenvalue weighted by Gasteiger charge is -2.38. The van der Waals surface area contributed by atoms with Crippen LogP contribution < -0.4 is 0 Å². The summed E-state index contributed by atoms with van der Waals surface area (Å²) in [6.45, 7) is 10.8. The lowest BCUT2D eigenvalue weighted by molar-refractivity contribution is -0.0116. The van der Waals surface area contributed by atoms with Gasteiger partial charge in [0.2, 0.25) is 0 Å². The van der Waals surface area contributed by atoms with Crippen LogP contribution in [0.15, 0.2) is 0 Å². The molecule has 0 aromatic carbocycles. The number of unbranched alkanes of at least 4 members (excludes halogenated alkanes) is 2. The maximum absolute atomic E-state index is 12.5. The molecule has 4 heteroatoms. The SMILES string of the molecule is C#CC1(OC(=O)N(CCCC)CCCC)CCN(CC)CC1. The molecule has 0 aromatic heterocycles. The molecule has 4 nitrogen and oxygen atoms in total. The second-order valence-electron chi connectivity index (χ2n) is 6.14. The second kappa shape index (κ2) is 9.74. The molecule has 1 saturated heterocycles. The molecule has 0 bridgehead atoms. The van der Waals surface area contributed by atoms with Gasteiger partial charge < -0.3 is 14.5 Å². The zero-order valence-corrected chi connectivity index (χ0v) is 14.6. The Morgan fingerprint density at radius 2 is 1.73 bits per heavy atom. The molecule has 1 rings (SSSR count). The Hall–Kier alpha value is -1.21. The predicted octanol–water partition coefficient (Wildman–Crippen LogP) is 3.51. The average Bonchev–Trinajstić information content (AvgIpc) is 2.55. The Labute approximate surface area is 136 Å². The lowest BCUT2D eigenvalue weighted by atomic mass is 9.92. The molecule has 1 fully saturated rings. The second-order valence-corrected chi connectivity index (χ2v) is 6.14. The lowest BCUT2D eigenvalue weighted by Crippen LogP contribution is -2.48. The van der Waals surface area contributed by atoms with Crippen LogP contribution >= 0.6 is 0 Å². The molecule has 0 N–H and O–H groups in total. The molecule has 126 valence electrons. The van der Waals surface area contributed by atoms with E-state index in [9.17, 15) is 4.79 Å². The van der Waals surface area contributed by atoms with Gasteiger partial charge in [-0.15, -0.1) is 6.42 Å². The van der Waals surface area contributed by atoms with Gasteiger partial charge in [0, 0.05) is 39.0 Å². The highest BCUT2D eigenvalue weighted by molar-refractivity contribution is 5.68. The molecular formula is C18H32N2O2. The van der Waals surface area contributed by atoms with Crippen LogP contribution in [0.5, 0.6) is 0 Å². The quantitative estimate of drug-likeness (QED) is 0.643. The molecule has 0 atom stereocenters. The van der Waals surface area contributed by atoms with Crippen LogP contribution in [-0.4, -0.2) is 54.2 Å². The Morgan fingerprint density at radius 1 is 1.18 bits per heavy atom. The van der Waals surface area contributed by atoms with Gasteiger partial charge in [0.1, 0.15) is 0 Å². The minimum absolute atomic E-state index is 0.232. The highest BCUT2D eigenvalue weighted by Gasteiger charge is 2.37. The van der Waals surface area contributed by atoms with E-state index in [0.29, 0.717) is 0 Å². The van der Waals surface area contributed by atoms with Crippen molar-refractivity contribution in [2.24, 2.45) is 0 Å². The molecule has 1 heterocycles. The predicted molar refractivity (Wildman–Crippen MR) is 90.8 cm³/mol. The smallest absolute Gasteiger partial charge is 0.411 e. The van der Waals surface area contributed by atoms with Gasteiger partial charge >= 0.3 is 6.09 Å². The van der Waals surface area contributed by atoms with E-state index in [1.54, 1.807) is 0 Å². The van der Waals surface area contributed by atoms with Crippen molar-refractivity contribution in [1.29, 1.82) is 0 Å². The van der Waals surface area contributed by atoms with Gasteiger partial charge in [-0.3, -0.25) is 0 Å². The molecule has 0 unspecified atom stereocenters. The van der Waals surface area contributed by atoms with E-state index in [1.165, 1.54) is 0 Å². The number of carbonyl (C=O) groups is 1. The van der Waals surface area contributed by atoms with Gasteiger partial charge in [-0.1, -0.05) is 39.5 Å². The average molecular weight is 308 g/mol. The minimum atomic E-state index is -0.709. The van der Waals surface area contributed by atoms with Crippen molar-refractivity contribution >= 4 is 6.09 Å². The summed E-state index contributed by atoms with van der Waals surface area (Å²) < 4.78 is 5.80. The van der Waals surface area contributed by atoms with Crippen molar-refractivity contribution in [3.63, 3.8) is 0 Å². The molecule has 1 aliphatic heterocycles. The largest absolute Gasteiger partial charge is 0.429 e. The zero-order valence-electron chi connectivity index (χ0n) is 14.6. The molecule has 0 aliphatic carbocycles. The van der Waals surface area contributed by atoms with Crippen LogP contribution in [0, 0.1) is 12.3 Å². The van der Waals surface area contributed by atoms with Gasteiger partial charge in [-0.25, -0.2) is 4.79 Å². The first-order chi connectivity index (χ1) is 10.6. The Bertz CT molecular complexity index is 360. The molecule has 0 saturated carbocycles. The van der Waals surface area contributed by atoms with E-state index < -0.39 is 5.60 Å². The first kappa shape index (κ1) is 18.8. The molecule has 0 radical (unpaired) electrons. The summed E-state index contributed by atoms with van der Waals surface area (Å²) in [5.74, 6) is 2.76. The summed E-state index contributed by atoms with van der Waals surface area (Å²) in [6.07, 6.45) is 11.1. The Kier molecular flexibility index (Phi) is 8.34. The number of amides is 1. The van der Waals surface area contributed by atoms with E-state index in [4.69, 9.17) is 11.2 Å². The molecule has 22 heavy (non-hydrogen) atoms. The normalized spacial score (nSPS) is 17.7. The molecule has 1 aliphatic rings. The van der Waals surface area contributed by atoms with Gasteiger partial charge in [0.25, 0.3) is 0 Å². The number of likely N-dealkylation sites (tertiary alicyclic amines) is 1. The van der Waals surface area contributed by atoms with E-state index in [1.807, 2.05) is 4.90 Å². The van der Waals surface area contributed by atoms with Crippen LogP contribution in [0.2, 0.25) is 0 Å². The number of carbonyl (C=O) groups excluding carboxylic acids is 1. The van der Waals surface area contributed by atoms with Crippen LogP contribution in [0.25, 0.3) is 0 Å². The number of ether oxygens (including phenoxy) is 1. The van der Waals surface area contributed by atoms with Crippen molar-refractivity contribution in [2.45, 2.75) is 64.9 Å². The van der Waals surface area contributed by atoms with E-state index in [2.05, 4.69) is 31.6 Å². The maximum atomic E-state index is 12.5. The van der Waals surface area contributed by atoms with E-state index in [-0.39, 0.29) is 6.09 Å². The number of rotatable bonds is 8. The minimum Gasteiger partial charge on any atom is -0.429 e. The summed E-state index contributed by atoms with van der Waals surface area (Å²) >= 11 is 0. The third-order valence-electron chi connectivity index (χ3n) is 4.48. The van der Waals surface area contributed by atoms with Gasteiger partial charge in [-0.2, -0.15) is 0 Å². The summed E-state index contributed by atoms with van der Waals surface area (Å²) in [5.41, 5.74) is -0.709. The number of terminal acetylenes is 1. The number of hydrogen-bond donors (Lipinski definition) is 0. The summed E-state index contributed by atoms with van der Waals surface area (Å²) in [5, 5.41) is 0. The first-order valence-electron chi connectivity index (χ1n) is 8.78. The highest BCUT2D eigenvalue weighted by Crippen LogP contribution is 2.26. The number of nitrogens with zero attached hydrogens (tertiary/aromatic N) is 2. The number of hydrogen-bond acceptors (Lipinski definition) is 3. The fraction of sp³-hybridized carbons (Fsp3) is 0.833. The fourth-order valence-electron chi connectivity index (χ4n) is 2.73. The van der Waals surface area contributed by atoms with Gasteiger partial charge in [0.05, 0.1) is 0 Å². The molecule has 0 aromatic rings. The monoisotopic (exact) mass is 308 g/mol. The van der Waals surface area contributed by atoms with Crippen molar-refractivity contribution < 1.29 is 9.53 Å². The van der Waals surface area contributed by atoms with Crippen molar-refractivity contribution in [3.05, 3.63) is 0 Å². The highest BCUT2D eigenvalue weighted by atomic mass is 16.6. The third kappa shape index (κ3) is 5.53. The standard InChI is InChI=1S/C18H32N2O2/c1-5-9-13-20(14-10-6-2)17(21)22-18(7-3)11-15-19(8-4)16-12-18/h3H,5-6,8-16H2,1-2,4H3. The van der Waals surface area contributed by atoms with Crippen LogP contribution in [0.4, 0.5) is 4.79 Å². The number of piperidine rings is 1. The van der Waals surface area contributed by atoms with E-state index >= 15 is 0 Å². The summed E-state index contributed by atoms with van der Waals surface area (Å²) in [6, 6.07) is 0. The molecule has 0 spiro atoms. The van der Waals surface area contributed by atoms with Crippen molar-refractivity contribution in [1.82, 2.24) is 9.80 Å². The van der Waals surface area contributed by atoms with Crippen LogP contribution in [0.1, 0.15) is 59.3 Å². The Morgan fingerprint density at radius 3 is 2.14 bits per heavy atom. The molecule has 1 amide bonds. The first-order valence-corrected chi connectivity index (χ1v) is 8.78. The summed E-state index contributed by atoms with van der Waals surface area (Å²) in [7, 11) is 0. The zero-order chi connectivity index (χ0) is 16.4. The van der Waals surface area contributed by atoms with Crippen molar-refractivity contribution in [3.8, 4) is 12.3 Å². The Balaban J connectivity index is 2.63. The topological polar surface area (TPSA) is 32.8 Å². The summed E-state index contributed by atoms with van der Waals surface area (Å²) in [4.78, 5) is 16.7. The molecular weight excluding hydrogens is 276 g/mol. The van der Waals surface area contributed by atoms with E-state index in [0.717, 1.165) is 71.2 Å². The third-order valence-corrected chi connectivity index (χ3v) is 4.48.